The van der Waals surface area contributed by atoms with Gasteiger partial charge < -0.3 is 30.4 Å². The Balaban J connectivity index is 1.68. The number of nitrogens with one attached hydrogen (secondary N) is 1. The van der Waals surface area contributed by atoms with Gasteiger partial charge in [-0.25, -0.2) is 8.78 Å². The van der Waals surface area contributed by atoms with Gasteiger partial charge in [0.25, 0.3) is 0 Å². The largest absolute Gasteiger partial charge is 0.508 e. The number of halogens is 2. The molecule has 1 fully saturated rings. The third-order valence-electron chi connectivity index (χ3n) is 4.09. The maximum absolute atomic E-state index is 14.0. The minimum atomic E-state index is -0.692. The summed E-state index contributed by atoms with van der Waals surface area (Å²) in [6.07, 6.45) is 0.438. The van der Waals surface area contributed by atoms with Gasteiger partial charge in [0, 0.05) is 18.6 Å². The summed E-state index contributed by atoms with van der Waals surface area (Å²) >= 11 is 0. The summed E-state index contributed by atoms with van der Waals surface area (Å²) in [4.78, 5) is 0. The summed E-state index contributed by atoms with van der Waals surface area (Å²) in [5.41, 5.74) is 6.40. The molecule has 1 atom stereocenters. The van der Waals surface area contributed by atoms with E-state index in [0.29, 0.717) is 13.0 Å². The molecule has 27 heavy (non-hydrogen) atoms. The number of hydrogen-bond donors (Lipinski definition) is 3. The SMILES string of the molecule is CC1(C)OCC(CCOc2cc(F)cc(Nc3ccc(O)cc3F)c2N)O1. The minimum absolute atomic E-state index is 0.0507. The van der Waals surface area contributed by atoms with E-state index < -0.39 is 17.4 Å². The molecule has 0 radical (unpaired) electrons. The van der Waals surface area contributed by atoms with Crippen molar-refractivity contribution in [1.29, 1.82) is 0 Å². The van der Waals surface area contributed by atoms with Crippen molar-refractivity contribution in [3.05, 3.63) is 42.0 Å². The molecule has 6 nitrogen and oxygen atoms in total. The molecule has 3 rings (SSSR count). The van der Waals surface area contributed by atoms with Crippen molar-refractivity contribution in [3.8, 4) is 11.5 Å². The van der Waals surface area contributed by atoms with Crippen molar-refractivity contribution < 1.29 is 28.1 Å². The molecular weight excluding hydrogens is 358 g/mol. The standard InChI is InChI=1S/C19H22F2N2O4/c1-19(2)26-10-13(27-19)5-6-25-17-8-11(20)7-16(18(17)22)23-15-4-3-12(24)9-14(15)21/h3-4,7-9,13,23-24H,5-6,10,22H2,1-2H3. The summed E-state index contributed by atoms with van der Waals surface area (Å²) in [5.74, 6) is -1.96. The fraction of sp³-hybridized carbons (Fsp3) is 0.368. The number of aromatic hydroxyl groups is 1. The van der Waals surface area contributed by atoms with Crippen molar-refractivity contribution >= 4 is 17.1 Å². The monoisotopic (exact) mass is 380 g/mol. The van der Waals surface area contributed by atoms with Crippen molar-refractivity contribution in [2.75, 3.05) is 24.3 Å². The molecule has 0 aliphatic carbocycles. The van der Waals surface area contributed by atoms with Crippen LogP contribution in [0.3, 0.4) is 0 Å². The van der Waals surface area contributed by atoms with E-state index in [0.717, 1.165) is 12.1 Å². The molecule has 1 aliphatic rings. The Kier molecular flexibility index (Phi) is 5.38. The third kappa shape index (κ3) is 4.78. The summed E-state index contributed by atoms with van der Waals surface area (Å²) in [5, 5.41) is 12.0. The first-order valence-electron chi connectivity index (χ1n) is 8.52. The highest BCUT2D eigenvalue weighted by atomic mass is 19.1. The molecule has 0 saturated carbocycles. The maximum atomic E-state index is 14.0. The Hall–Kier alpha value is -2.58. The summed E-state index contributed by atoms with van der Waals surface area (Å²) in [6, 6.07) is 5.90. The number of nitrogen functional groups attached to an aromatic ring is 1. The number of rotatable bonds is 6. The Morgan fingerprint density at radius 1 is 1.26 bits per heavy atom. The minimum Gasteiger partial charge on any atom is -0.508 e. The van der Waals surface area contributed by atoms with Crippen LogP contribution in [0.2, 0.25) is 0 Å². The first-order chi connectivity index (χ1) is 12.7. The normalized spacial score (nSPS) is 18.4. The van der Waals surface area contributed by atoms with Gasteiger partial charge in [-0.1, -0.05) is 0 Å². The molecule has 2 aromatic rings. The van der Waals surface area contributed by atoms with Gasteiger partial charge in [0.1, 0.15) is 23.1 Å². The second-order valence-electron chi connectivity index (χ2n) is 6.74. The molecule has 0 bridgehead atoms. The molecule has 1 aliphatic heterocycles. The molecular formula is C19H22F2N2O4. The fourth-order valence-corrected chi connectivity index (χ4v) is 2.77. The van der Waals surface area contributed by atoms with Crippen LogP contribution in [0.25, 0.3) is 0 Å². The average Bonchev–Trinajstić information content (AvgIpc) is 2.93. The van der Waals surface area contributed by atoms with E-state index in [1.54, 1.807) is 0 Å². The first kappa shape index (κ1) is 19.2. The zero-order chi connectivity index (χ0) is 19.6. The fourth-order valence-electron chi connectivity index (χ4n) is 2.77. The lowest BCUT2D eigenvalue weighted by molar-refractivity contribution is -0.139. The Morgan fingerprint density at radius 2 is 2.04 bits per heavy atom. The van der Waals surface area contributed by atoms with E-state index in [2.05, 4.69) is 5.32 Å². The first-order valence-corrected chi connectivity index (χ1v) is 8.52. The molecule has 8 heteroatoms. The zero-order valence-electron chi connectivity index (χ0n) is 15.1. The van der Waals surface area contributed by atoms with E-state index in [4.69, 9.17) is 19.9 Å². The predicted octanol–water partition coefficient (Wildman–Crippen LogP) is 3.92. The topological polar surface area (TPSA) is 86.0 Å². The second-order valence-corrected chi connectivity index (χ2v) is 6.74. The van der Waals surface area contributed by atoms with E-state index in [1.165, 1.54) is 18.2 Å². The quantitative estimate of drug-likeness (QED) is 0.520. The second kappa shape index (κ2) is 7.58. The van der Waals surface area contributed by atoms with Crippen molar-refractivity contribution in [2.24, 2.45) is 0 Å². The third-order valence-corrected chi connectivity index (χ3v) is 4.09. The lowest BCUT2D eigenvalue weighted by Crippen LogP contribution is -2.22. The smallest absolute Gasteiger partial charge is 0.163 e. The zero-order valence-corrected chi connectivity index (χ0v) is 15.1. The van der Waals surface area contributed by atoms with Crippen LogP contribution < -0.4 is 15.8 Å². The van der Waals surface area contributed by atoms with Crippen LogP contribution in [0.4, 0.5) is 25.8 Å². The molecule has 4 N–H and O–H groups in total. The maximum Gasteiger partial charge on any atom is 0.163 e. The Labute approximate surface area is 155 Å². The lowest BCUT2D eigenvalue weighted by Gasteiger charge is -2.18. The van der Waals surface area contributed by atoms with Crippen LogP contribution in [-0.2, 0) is 9.47 Å². The highest BCUT2D eigenvalue weighted by Crippen LogP contribution is 2.34. The van der Waals surface area contributed by atoms with E-state index in [9.17, 15) is 13.9 Å². The summed E-state index contributed by atoms with van der Waals surface area (Å²) < 4.78 is 44.6. The van der Waals surface area contributed by atoms with Gasteiger partial charge in [-0.05, 0) is 32.0 Å². The highest BCUT2D eigenvalue weighted by molar-refractivity contribution is 5.77. The van der Waals surface area contributed by atoms with Crippen LogP contribution in [0, 0.1) is 11.6 Å². The van der Waals surface area contributed by atoms with Gasteiger partial charge in [-0.15, -0.1) is 0 Å². The number of phenols is 1. The number of benzene rings is 2. The van der Waals surface area contributed by atoms with Crippen LogP contribution in [0.15, 0.2) is 30.3 Å². The molecule has 2 aromatic carbocycles. The summed E-state index contributed by atoms with van der Waals surface area (Å²) in [7, 11) is 0. The Bertz CT molecular complexity index is 830. The molecule has 0 spiro atoms. The number of nitrogens with two attached hydrogens (primary N) is 1. The van der Waals surface area contributed by atoms with Gasteiger partial charge in [-0.3, -0.25) is 0 Å². The molecule has 1 unspecified atom stereocenters. The molecule has 1 heterocycles. The van der Waals surface area contributed by atoms with Crippen molar-refractivity contribution in [3.63, 3.8) is 0 Å². The van der Waals surface area contributed by atoms with Gasteiger partial charge in [-0.2, -0.15) is 0 Å². The molecule has 0 aromatic heterocycles. The average molecular weight is 380 g/mol. The summed E-state index contributed by atoms with van der Waals surface area (Å²) in [6.45, 7) is 4.38. The Morgan fingerprint density at radius 3 is 2.70 bits per heavy atom. The lowest BCUT2D eigenvalue weighted by atomic mass is 10.2. The van der Waals surface area contributed by atoms with E-state index in [1.807, 2.05) is 13.8 Å². The molecule has 1 saturated heterocycles. The number of hydrogen-bond acceptors (Lipinski definition) is 6. The van der Waals surface area contributed by atoms with Gasteiger partial charge in [0.05, 0.1) is 36.4 Å². The molecule has 0 amide bonds. The van der Waals surface area contributed by atoms with Crippen molar-refractivity contribution in [1.82, 2.24) is 0 Å². The van der Waals surface area contributed by atoms with E-state index in [-0.39, 0.29) is 41.3 Å². The molecule has 146 valence electrons. The number of phenolic OH excluding ortho intramolecular Hbond substituents is 1. The van der Waals surface area contributed by atoms with Gasteiger partial charge in [0.2, 0.25) is 0 Å². The number of ether oxygens (including phenoxy) is 3. The van der Waals surface area contributed by atoms with Gasteiger partial charge in [0.15, 0.2) is 5.79 Å². The van der Waals surface area contributed by atoms with Crippen LogP contribution in [0.5, 0.6) is 11.5 Å². The van der Waals surface area contributed by atoms with Crippen molar-refractivity contribution in [2.45, 2.75) is 32.2 Å². The van der Waals surface area contributed by atoms with E-state index >= 15 is 0 Å². The number of anilines is 3. The van der Waals surface area contributed by atoms with Crippen LogP contribution in [-0.4, -0.2) is 30.2 Å². The highest BCUT2D eigenvalue weighted by Gasteiger charge is 2.32. The predicted molar refractivity (Wildman–Crippen MR) is 97.2 cm³/mol. The van der Waals surface area contributed by atoms with Crippen LogP contribution >= 0.6 is 0 Å². The van der Waals surface area contributed by atoms with Crippen LogP contribution in [0.1, 0.15) is 20.3 Å². The van der Waals surface area contributed by atoms with Gasteiger partial charge >= 0.3 is 0 Å².